The van der Waals surface area contributed by atoms with Crippen LogP contribution < -0.4 is 20.1 Å². The summed E-state index contributed by atoms with van der Waals surface area (Å²) in [6.07, 6.45) is 2.89. The number of non-ortho nitro benzene ring substituents is 1. The van der Waals surface area contributed by atoms with Crippen molar-refractivity contribution in [3.63, 3.8) is 0 Å². The van der Waals surface area contributed by atoms with Crippen molar-refractivity contribution >= 4 is 17.6 Å². The van der Waals surface area contributed by atoms with Gasteiger partial charge in [0.1, 0.15) is 0 Å². The number of nitro groups is 1. The highest BCUT2D eigenvalue weighted by Crippen LogP contribution is 2.31. The summed E-state index contributed by atoms with van der Waals surface area (Å²) in [5.74, 6) is -0.347. The Morgan fingerprint density at radius 3 is 2.56 bits per heavy atom. The number of nitrogens with one attached hydrogen (secondary N) is 2. The summed E-state index contributed by atoms with van der Waals surface area (Å²) in [5.41, 5.74) is -0.192. The van der Waals surface area contributed by atoms with Gasteiger partial charge >= 0.3 is 6.03 Å². The number of nitro benzene ring substituents is 1. The van der Waals surface area contributed by atoms with Crippen LogP contribution >= 0.6 is 0 Å². The first-order valence-electron chi connectivity index (χ1n) is 8.01. The van der Waals surface area contributed by atoms with E-state index in [4.69, 9.17) is 9.47 Å². The van der Waals surface area contributed by atoms with Gasteiger partial charge < -0.3 is 14.8 Å². The van der Waals surface area contributed by atoms with E-state index < -0.39 is 23.0 Å². The second-order valence-electron chi connectivity index (χ2n) is 5.80. The Labute approximate surface area is 144 Å². The fourth-order valence-electron chi connectivity index (χ4n) is 2.62. The molecule has 2 rings (SSSR count). The van der Waals surface area contributed by atoms with Gasteiger partial charge in [-0.15, -0.1) is 0 Å². The third-order valence-corrected chi connectivity index (χ3v) is 3.96. The maximum absolute atomic E-state index is 12.1. The van der Waals surface area contributed by atoms with Gasteiger partial charge in [-0.1, -0.05) is 12.8 Å². The second kappa shape index (κ2) is 8.32. The molecule has 0 radical (unpaired) electrons. The highest BCUT2D eigenvalue weighted by atomic mass is 16.6. The van der Waals surface area contributed by atoms with Gasteiger partial charge in [0.15, 0.2) is 17.6 Å². The van der Waals surface area contributed by atoms with Crippen LogP contribution in [0.3, 0.4) is 0 Å². The third-order valence-electron chi connectivity index (χ3n) is 3.96. The Morgan fingerprint density at radius 1 is 1.28 bits per heavy atom. The van der Waals surface area contributed by atoms with Crippen molar-refractivity contribution in [2.24, 2.45) is 0 Å². The van der Waals surface area contributed by atoms with Crippen LogP contribution in [0.5, 0.6) is 11.5 Å². The highest BCUT2D eigenvalue weighted by molar-refractivity contribution is 5.96. The maximum Gasteiger partial charge on any atom is 0.321 e. The summed E-state index contributed by atoms with van der Waals surface area (Å²) >= 11 is 0. The molecule has 0 bridgehead atoms. The predicted octanol–water partition coefficient (Wildman–Crippen LogP) is 2.14. The number of imide groups is 1. The largest absolute Gasteiger partial charge is 0.493 e. The van der Waals surface area contributed by atoms with Gasteiger partial charge in [0.25, 0.3) is 11.6 Å². The zero-order valence-electron chi connectivity index (χ0n) is 14.1. The molecule has 0 saturated heterocycles. The molecule has 1 atom stereocenters. The first kappa shape index (κ1) is 18.5. The first-order valence-corrected chi connectivity index (χ1v) is 8.01. The van der Waals surface area contributed by atoms with Gasteiger partial charge in [-0.25, -0.2) is 4.79 Å². The number of rotatable bonds is 6. The molecule has 1 aromatic carbocycles. The number of nitrogens with zero attached hydrogens (tertiary/aromatic N) is 1. The number of urea groups is 1. The molecule has 9 heteroatoms. The number of benzene rings is 1. The molecule has 1 saturated carbocycles. The molecule has 1 aromatic rings. The molecule has 25 heavy (non-hydrogen) atoms. The molecular formula is C16H21N3O6. The monoisotopic (exact) mass is 351 g/mol. The quantitative estimate of drug-likeness (QED) is 0.598. The van der Waals surface area contributed by atoms with Crippen molar-refractivity contribution in [1.82, 2.24) is 10.6 Å². The van der Waals surface area contributed by atoms with Gasteiger partial charge in [-0.05, 0) is 25.8 Å². The molecule has 1 fully saturated rings. The summed E-state index contributed by atoms with van der Waals surface area (Å²) in [6.45, 7) is 1.44. The molecule has 0 aromatic heterocycles. The fraction of sp³-hybridized carbons (Fsp3) is 0.500. The lowest BCUT2D eigenvalue weighted by atomic mass is 10.2. The minimum absolute atomic E-state index is 0.0514. The zero-order valence-corrected chi connectivity index (χ0v) is 14.1. The summed E-state index contributed by atoms with van der Waals surface area (Å²) in [7, 11) is 1.38. The molecule has 136 valence electrons. The van der Waals surface area contributed by atoms with E-state index in [0.29, 0.717) is 0 Å². The van der Waals surface area contributed by atoms with E-state index in [1.807, 2.05) is 0 Å². The Balaban J connectivity index is 1.96. The Kier molecular flexibility index (Phi) is 6.15. The average molecular weight is 351 g/mol. The van der Waals surface area contributed by atoms with Crippen LogP contribution in [0, 0.1) is 10.1 Å². The lowest BCUT2D eigenvalue weighted by Crippen LogP contribution is -2.47. The zero-order chi connectivity index (χ0) is 18.4. The standard InChI is InChI=1S/C16H21N3O6/c1-10(15(20)18-16(21)17-11-5-3-4-6-11)25-14-9-12(19(22)23)7-8-13(14)24-2/h7-11H,3-6H2,1-2H3,(H2,17,18,20,21)/t10-/m1/s1. The summed E-state index contributed by atoms with van der Waals surface area (Å²) in [5, 5.41) is 15.8. The van der Waals surface area contributed by atoms with E-state index in [0.717, 1.165) is 25.7 Å². The predicted molar refractivity (Wildman–Crippen MR) is 88.7 cm³/mol. The fourth-order valence-corrected chi connectivity index (χ4v) is 2.62. The van der Waals surface area contributed by atoms with Gasteiger partial charge in [0.2, 0.25) is 0 Å². The van der Waals surface area contributed by atoms with Crippen LogP contribution in [0.25, 0.3) is 0 Å². The number of amides is 3. The van der Waals surface area contributed by atoms with E-state index in [1.165, 1.54) is 32.2 Å². The third kappa shape index (κ3) is 5.07. The first-order chi connectivity index (χ1) is 11.9. The van der Waals surface area contributed by atoms with Crippen molar-refractivity contribution in [1.29, 1.82) is 0 Å². The number of hydrogen-bond donors (Lipinski definition) is 2. The van der Waals surface area contributed by atoms with Crippen LogP contribution in [0.15, 0.2) is 18.2 Å². The van der Waals surface area contributed by atoms with Crippen LogP contribution in [-0.4, -0.2) is 36.1 Å². The number of methoxy groups -OCH3 is 1. The van der Waals surface area contributed by atoms with Crippen molar-refractivity contribution in [3.05, 3.63) is 28.3 Å². The lowest BCUT2D eigenvalue weighted by Gasteiger charge is -2.17. The minimum atomic E-state index is -1.04. The van der Waals surface area contributed by atoms with Crippen molar-refractivity contribution in [2.75, 3.05) is 7.11 Å². The average Bonchev–Trinajstić information content (AvgIpc) is 3.07. The molecule has 3 amide bonds. The smallest absolute Gasteiger partial charge is 0.321 e. The van der Waals surface area contributed by atoms with Crippen molar-refractivity contribution in [2.45, 2.75) is 44.8 Å². The normalized spacial score (nSPS) is 15.3. The lowest BCUT2D eigenvalue weighted by molar-refractivity contribution is -0.385. The van der Waals surface area contributed by atoms with Crippen LogP contribution in [-0.2, 0) is 4.79 Å². The van der Waals surface area contributed by atoms with Crippen LogP contribution in [0.2, 0.25) is 0 Å². The molecular weight excluding hydrogens is 330 g/mol. The van der Waals surface area contributed by atoms with Crippen LogP contribution in [0.4, 0.5) is 10.5 Å². The van der Waals surface area contributed by atoms with Gasteiger partial charge in [-0.3, -0.25) is 20.2 Å². The Bertz CT molecular complexity index is 657. The summed E-state index contributed by atoms with van der Waals surface area (Å²) < 4.78 is 10.5. The van der Waals surface area contributed by atoms with E-state index in [-0.39, 0.29) is 23.2 Å². The molecule has 0 aliphatic heterocycles. The molecule has 0 spiro atoms. The van der Waals surface area contributed by atoms with E-state index in [9.17, 15) is 19.7 Å². The molecule has 1 aliphatic rings. The second-order valence-corrected chi connectivity index (χ2v) is 5.80. The maximum atomic E-state index is 12.1. The SMILES string of the molecule is COc1ccc([N+](=O)[O-])cc1O[C@H](C)C(=O)NC(=O)NC1CCCC1. The van der Waals surface area contributed by atoms with Crippen molar-refractivity contribution in [3.8, 4) is 11.5 Å². The Morgan fingerprint density at radius 2 is 1.96 bits per heavy atom. The van der Waals surface area contributed by atoms with Gasteiger partial charge in [0, 0.05) is 12.1 Å². The van der Waals surface area contributed by atoms with E-state index in [1.54, 1.807) is 0 Å². The molecule has 9 nitrogen and oxygen atoms in total. The molecule has 1 aliphatic carbocycles. The van der Waals surface area contributed by atoms with E-state index >= 15 is 0 Å². The molecule has 2 N–H and O–H groups in total. The van der Waals surface area contributed by atoms with Crippen molar-refractivity contribution < 1.29 is 24.0 Å². The number of ether oxygens (including phenoxy) is 2. The van der Waals surface area contributed by atoms with Gasteiger partial charge in [0.05, 0.1) is 18.1 Å². The Hall–Kier alpha value is -2.84. The summed E-state index contributed by atoms with van der Waals surface area (Å²) in [4.78, 5) is 34.2. The molecule has 0 unspecified atom stereocenters. The van der Waals surface area contributed by atoms with E-state index in [2.05, 4.69) is 10.6 Å². The number of carbonyl (C=O) groups excluding carboxylic acids is 2. The highest BCUT2D eigenvalue weighted by Gasteiger charge is 2.23. The van der Waals surface area contributed by atoms with Crippen LogP contribution in [0.1, 0.15) is 32.6 Å². The number of carbonyl (C=O) groups is 2. The van der Waals surface area contributed by atoms with Gasteiger partial charge in [-0.2, -0.15) is 0 Å². The minimum Gasteiger partial charge on any atom is -0.493 e. The number of hydrogen-bond acceptors (Lipinski definition) is 6. The molecule has 0 heterocycles. The topological polar surface area (TPSA) is 120 Å². The summed E-state index contributed by atoms with van der Waals surface area (Å²) in [6, 6.07) is 3.33.